The number of hydrogen-bond donors (Lipinski definition) is 4. The third-order valence-electron chi connectivity index (χ3n) is 9.21. The minimum absolute atomic E-state index is 0.0763. The van der Waals surface area contributed by atoms with E-state index in [1.165, 1.54) is 83.5 Å². The van der Waals surface area contributed by atoms with E-state index < -0.39 is 6.17 Å². The zero-order valence-electron chi connectivity index (χ0n) is 29.5. The van der Waals surface area contributed by atoms with Crippen molar-refractivity contribution in [1.82, 2.24) is 16.0 Å². The minimum Gasteiger partial charge on any atom is -0.494 e. The molecule has 3 rings (SSSR count). The summed E-state index contributed by atoms with van der Waals surface area (Å²) >= 11 is 0. The van der Waals surface area contributed by atoms with Crippen molar-refractivity contribution in [3.8, 4) is 5.75 Å². The summed E-state index contributed by atoms with van der Waals surface area (Å²) in [4.78, 5) is 38.2. The summed E-state index contributed by atoms with van der Waals surface area (Å²) in [5.74, 6) is 0.985. The number of hydrogen-bond acceptors (Lipinski definition) is 5. The number of carbonyl (C=O) groups is 3. The van der Waals surface area contributed by atoms with Crippen molar-refractivity contribution in [3.63, 3.8) is 0 Å². The fraction of sp³-hybridized carbons (Fsp3) is 0.625. The molecule has 1 aliphatic rings. The highest BCUT2D eigenvalue weighted by atomic mass is 16.5. The van der Waals surface area contributed by atoms with Gasteiger partial charge in [-0.2, -0.15) is 0 Å². The molecule has 1 atom stereocenters. The van der Waals surface area contributed by atoms with Gasteiger partial charge >= 0.3 is 0 Å². The Labute approximate surface area is 289 Å². The molecule has 1 unspecified atom stereocenters. The van der Waals surface area contributed by atoms with Crippen LogP contribution in [0.25, 0.3) is 0 Å². The number of anilines is 1. The molecular weight excluding hydrogens is 600 g/mol. The molecule has 4 N–H and O–H groups in total. The lowest BCUT2D eigenvalue weighted by Gasteiger charge is -2.21. The first-order chi connectivity index (χ1) is 23.5. The van der Waals surface area contributed by atoms with Crippen LogP contribution in [-0.2, 0) is 20.8 Å². The Kier molecular flexibility index (Phi) is 19.9. The van der Waals surface area contributed by atoms with Crippen molar-refractivity contribution in [1.29, 1.82) is 0 Å². The van der Waals surface area contributed by atoms with E-state index in [0.717, 1.165) is 24.9 Å². The van der Waals surface area contributed by atoms with E-state index in [1.807, 2.05) is 54.6 Å². The minimum atomic E-state index is -0.887. The van der Waals surface area contributed by atoms with E-state index in [4.69, 9.17) is 4.74 Å². The quantitative estimate of drug-likeness (QED) is 0.0602. The van der Waals surface area contributed by atoms with Crippen LogP contribution in [0.2, 0.25) is 0 Å². The molecule has 0 aromatic heterocycles. The van der Waals surface area contributed by atoms with Crippen LogP contribution in [0.3, 0.4) is 0 Å². The number of rotatable bonds is 26. The molecule has 48 heavy (non-hydrogen) atoms. The summed E-state index contributed by atoms with van der Waals surface area (Å²) in [5.41, 5.74) is 1.84. The van der Waals surface area contributed by atoms with Crippen LogP contribution < -0.4 is 26.0 Å². The Bertz CT molecular complexity index is 1150. The topological polar surface area (TPSA) is 109 Å². The van der Waals surface area contributed by atoms with E-state index in [1.54, 1.807) is 0 Å². The van der Waals surface area contributed by atoms with Gasteiger partial charge < -0.3 is 26.0 Å². The second kappa shape index (κ2) is 24.6. The normalized spacial score (nSPS) is 13.5. The first-order valence-corrected chi connectivity index (χ1v) is 18.9. The Hall–Kier alpha value is -3.55. The first kappa shape index (κ1) is 38.9. The lowest BCUT2D eigenvalue weighted by molar-refractivity contribution is -0.128. The molecule has 0 aliphatic heterocycles. The van der Waals surface area contributed by atoms with Crippen molar-refractivity contribution in [2.45, 2.75) is 135 Å². The van der Waals surface area contributed by atoms with Crippen LogP contribution >= 0.6 is 0 Å². The van der Waals surface area contributed by atoms with Gasteiger partial charge in [0.1, 0.15) is 5.75 Å². The summed E-state index contributed by atoms with van der Waals surface area (Å²) in [6.07, 6.45) is 19.9. The molecule has 0 spiro atoms. The molecule has 8 nitrogen and oxygen atoms in total. The van der Waals surface area contributed by atoms with Crippen molar-refractivity contribution < 1.29 is 19.1 Å². The monoisotopic (exact) mass is 662 g/mol. The highest BCUT2D eigenvalue weighted by molar-refractivity contribution is 5.89. The third-order valence-corrected chi connectivity index (χ3v) is 9.21. The maximum absolute atomic E-state index is 13.2. The standard InChI is InChI=1S/C40H62N4O4/c1-2-3-4-5-6-7-8-9-10-16-30-41-37(45)22-17-32-48-36-26-24-35(25-27-36)43-39(44-38(46)28-23-33-20-14-15-21-33)40(47)42-31-29-34-18-12-11-13-19-34/h11-13,18-19,24-27,33,39,43H,2-10,14-17,20-23,28-32H2,1H3,(H,41,45)(H,42,47)(H,44,46). The van der Waals surface area contributed by atoms with Crippen LogP contribution in [0, 0.1) is 5.92 Å². The van der Waals surface area contributed by atoms with Crippen molar-refractivity contribution >= 4 is 23.4 Å². The fourth-order valence-corrected chi connectivity index (χ4v) is 6.28. The summed E-state index contributed by atoms with van der Waals surface area (Å²) in [5, 5.41) is 12.1. The molecule has 0 saturated heterocycles. The molecule has 2 aromatic rings. The van der Waals surface area contributed by atoms with E-state index in [-0.39, 0.29) is 17.7 Å². The number of amides is 3. The first-order valence-electron chi connectivity index (χ1n) is 18.9. The van der Waals surface area contributed by atoms with Gasteiger partial charge in [0.2, 0.25) is 11.8 Å². The molecule has 266 valence electrons. The third kappa shape index (κ3) is 17.6. The van der Waals surface area contributed by atoms with Gasteiger partial charge in [0.25, 0.3) is 5.91 Å². The Morgan fingerprint density at radius 2 is 1.40 bits per heavy atom. The zero-order chi connectivity index (χ0) is 34.1. The highest BCUT2D eigenvalue weighted by Gasteiger charge is 2.22. The van der Waals surface area contributed by atoms with Gasteiger partial charge in [-0.1, -0.05) is 121 Å². The zero-order valence-corrected chi connectivity index (χ0v) is 29.5. The highest BCUT2D eigenvalue weighted by Crippen LogP contribution is 2.28. The predicted octanol–water partition coefficient (Wildman–Crippen LogP) is 8.07. The van der Waals surface area contributed by atoms with Crippen molar-refractivity contribution in [2.24, 2.45) is 5.92 Å². The molecule has 1 saturated carbocycles. The van der Waals surface area contributed by atoms with Gasteiger partial charge in [-0.15, -0.1) is 0 Å². The molecular formula is C40H62N4O4. The Morgan fingerprint density at radius 1 is 0.729 bits per heavy atom. The van der Waals surface area contributed by atoms with Crippen LogP contribution in [0.15, 0.2) is 54.6 Å². The summed E-state index contributed by atoms with van der Waals surface area (Å²) in [6, 6.07) is 17.3. The molecule has 0 radical (unpaired) electrons. The number of unbranched alkanes of at least 4 members (excludes halogenated alkanes) is 9. The van der Waals surface area contributed by atoms with Gasteiger partial charge in [-0.25, -0.2) is 0 Å². The van der Waals surface area contributed by atoms with Crippen LogP contribution in [0.5, 0.6) is 5.75 Å². The van der Waals surface area contributed by atoms with E-state index in [9.17, 15) is 14.4 Å². The maximum Gasteiger partial charge on any atom is 0.263 e. The van der Waals surface area contributed by atoms with Crippen LogP contribution in [0.1, 0.15) is 128 Å². The van der Waals surface area contributed by atoms with Crippen LogP contribution in [0.4, 0.5) is 5.69 Å². The molecule has 2 aromatic carbocycles. The molecule has 8 heteroatoms. The SMILES string of the molecule is CCCCCCCCCCCCNC(=O)CCCOc1ccc(NC(NC(=O)CCC2CCCC2)C(=O)NCCc2ccccc2)cc1. The fourth-order valence-electron chi connectivity index (χ4n) is 6.28. The maximum atomic E-state index is 13.2. The smallest absolute Gasteiger partial charge is 0.263 e. The van der Waals surface area contributed by atoms with Crippen LogP contribution in [-0.4, -0.2) is 43.6 Å². The van der Waals surface area contributed by atoms with Crippen molar-refractivity contribution in [3.05, 3.63) is 60.2 Å². The average Bonchev–Trinajstić information content (AvgIpc) is 3.63. The lowest BCUT2D eigenvalue weighted by atomic mass is 10.0. The van der Waals surface area contributed by atoms with E-state index in [2.05, 4.69) is 28.2 Å². The second-order valence-electron chi connectivity index (χ2n) is 13.4. The molecule has 3 amide bonds. The Balaban J connectivity index is 1.32. The number of benzene rings is 2. The number of nitrogens with one attached hydrogen (secondary N) is 4. The molecule has 0 heterocycles. The van der Waals surface area contributed by atoms with Gasteiger partial charge in [0, 0.05) is 31.6 Å². The average molecular weight is 663 g/mol. The second-order valence-corrected chi connectivity index (χ2v) is 13.4. The van der Waals surface area contributed by atoms with Gasteiger partial charge in [-0.05, 0) is 61.4 Å². The lowest BCUT2D eigenvalue weighted by Crippen LogP contribution is -2.51. The molecule has 1 aliphatic carbocycles. The largest absolute Gasteiger partial charge is 0.494 e. The van der Waals surface area contributed by atoms with Crippen molar-refractivity contribution in [2.75, 3.05) is 25.0 Å². The Morgan fingerprint density at radius 3 is 2.08 bits per heavy atom. The molecule has 0 bridgehead atoms. The molecule has 1 fully saturated rings. The predicted molar refractivity (Wildman–Crippen MR) is 196 cm³/mol. The van der Waals surface area contributed by atoms with Gasteiger partial charge in [-0.3, -0.25) is 14.4 Å². The van der Waals surface area contributed by atoms with E-state index >= 15 is 0 Å². The summed E-state index contributed by atoms with van der Waals surface area (Å²) < 4.78 is 5.86. The summed E-state index contributed by atoms with van der Waals surface area (Å²) in [7, 11) is 0. The van der Waals surface area contributed by atoms with Gasteiger partial charge in [0.05, 0.1) is 6.61 Å². The van der Waals surface area contributed by atoms with E-state index in [0.29, 0.717) is 56.2 Å². The number of carbonyl (C=O) groups excluding carboxylic acids is 3. The number of ether oxygens (including phenoxy) is 1. The van der Waals surface area contributed by atoms with Gasteiger partial charge in [0.15, 0.2) is 6.17 Å². The summed E-state index contributed by atoms with van der Waals surface area (Å²) in [6.45, 7) is 3.92.